The number of aromatic nitrogens is 4. The number of tetrazole rings is 1. The third-order valence-electron chi connectivity index (χ3n) is 6.04. The highest BCUT2D eigenvalue weighted by atomic mass is 32.2. The van der Waals surface area contributed by atoms with Gasteiger partial charge in [-0.25, -0.2) is 4.79 Å². The SMILES string of the molecule is COc1cc2c(cc1OC(=O)C(C)(C)C)CCN(C(=O)OC(C)(C)C)[C@H]2CSc1nnnn1-c1ccccc1. The fraction of sp³-hybridized carbons (Fsp3) is 0.464. The highest BCUT2D eigenvalue weighted by Crippen LogP contribution is 2.41. The number of ether oxygens (including phenoxy) is 3. The zero-order valence-electron chi connectivity index (χ0n) is 23.4. The molecule has 2 heterocycles. The minimum absolute atomic E-state index is 0.355. The van der Waals surface area contributed by atoms with E-state index in [2.05, 4.69) is 15.5 Å². The second kappa shape index (κ2) is 11.3. The van der Waals surface area contributed by atoms with Crippen LogP contribution in [-0.2, 0) is 16.0 Å². The van der Waals surface area contributed by atoms with Crippen molar-refractivity contribution >= 4 is 23.8 Å². The number of para-hydroxylation sites is 1. The number of thioether (sulfide) groups is 1. The Morgan fingerprint density at radius 2 is 1.77 bits per heavy atom. The Hall–Kier alpha value is -3.60. The van der Waals surface area contributed by atoms with E-state index in [0.717, 1.165) is 16.8 Å². The van der Waals surface area contributed by atoms with Gasteiger partial charge in [0.15, 0.2) is 11.5 Å². The van der Waals surface area contributed by atoms with Crippen LogP contribution < -0.4 is 9.47 Å². The number of benzene rings is 2. The lowest BCUT2D eigenvalue weighted by Crippen LogP contribution is -2.44. The lowest BCUT2D eigenvalue weighted by atomic mass is 9.92. The second-order valence-electron chi connectivity index (χ2n) is 11.3. The molecule has 0 unspecified atom stereocenters. The van der Waals surface area contributed by atoms with Crippen LogP contribution in [0.25, 0.3) is 5.69 Å². The summed E-state index contributed by atoms with van der Waals surface area (Å²) >= 11 is 1.44. The molecule has 0 saturated carbocycles. The molecule has 1 aromatic heterocycles. The third kappa shape index (κ3) is 6.70. The maximum absolute atomic E-state index is 13.3. The van der Waals surface area contributed by atoms with Crippen LogP contribution in [-0.4, -0.2) is 62.2 Å². The molecular weight excluding hydrogens is 518 g/mol. The van der Waals surface area contributed by atoms with Crippen molar-refractivity contribution in [3.8, 4) is 17.2 Å². The van der Waals surface area contributed by atoms with Gasteiger partial charge in [0.2, 0.25) is 5.16 Å². The molecule has 0 spiro atoms. The van der Waals surface area contributed by atoms with Crippen LogP contribution in [0.1, 0.15) is 58.7 Å². The molecule has 208 valence electrons. The monoisotopic (exact) mass is 553 g/mol. The number of fused-ring (bicyclic) bond motifs is 1. The predicted molar refractivity (Wildman–Crippen MR) is 147 cm³/mol. The zero-order chi connectivity index (χ0) is 28.4. The fourth-order valence-electron chi connectivity index (χ4n) is 4.07. The summed E-state index contributed by atoms with van der Waals surface area (Å²) in [4.78, 5) is 27.7. The van der Waals surface area contributed by atoms with Gasteiger partial charge in [-0.1, -0.05) is 30.0 Å². The van der Waals surface area contributed by atoms with Crippen molar-refractivity contribution in [2.24, 2.45) is 5.41 Å². The van der Waals surface area contributed by atoms with E-state index in [1.807, 2.05) is 63.2 Å². The van der Waals surface area contributed by atoms with Gasteiger partial charge >= 0.3 is 12.1 Å². The molecule has 10 nitrogen and oxygen atoms in total. The molecule has 1 atom stereocenters. The van der Waals surface area contributed by atoms with E-state index in [-0.39, 0.29) is 12.0 Å². The summed E-state index contributed by atoms with van der Waals surface area (Å²) in [5.41, 5.74) is 1.39. The molecule has 39 heavy (non-hydrogen) atoms. The van der Waals surface area contributed by atoms with E-state index < -0.39 is 17.1 Å². The Bertz CT molecular complexity index is 1330. The number of hydrogen-bond acceptors (Lipinski definition) is 9. The molecule has 1 aliphatic heterocycles. The number of carbonyl (C=O) groups is 2. The number of rotatable bonds is 6. The predicted octanol–water partition coefficient (Wildman–Crippen LogP) is 5.25. The largest absolute Gasteiger partial charge is 0.493 e. The van der Waals surface area contributed by atoms with Crippen LogP contribution in [0.15, 0.2) is 47.6 Å². The summed E-state index contributed by atoms with van der Waals surface area (Å²) in [6.07, 6.45) is 0.172. The normalized spacial score (nSPS) is 15.5. The van der Waals surface area contributed by atoms with E-state index in [1.165, 1.54) is 18.9 Å². The van der Waals surface area contributed by atoms with Crippen molar-refractivity contribution in [2.75, 3.05) is 19.4 Å². The molecule has 3 aromatic rings. The number of hydrogen-bond donors (Lipinski definition) is 0. The summed E-state index contributed by atoms with van der Waals surface area (Å²) in [5, 5.41) is 12.8. The molecule has 1 aliphatic rings. The van der Waals surface area contributed by atoms with E-state index in [9.17, 15) is 9.59 Å². The van der Waals surface area contributed by atoms with Crippen LogP contribution in [0.4, 0.5) is 4.79 Å². The summed E-state index contributed by atoms with van der Waals surface area (Å²) < 4.78 is 18.8. The molecule has 4 rings (SSSR count). The Balaban J connectivity index is 1.68. The summed E-state index contributed by atoms with van der Waals surface area (Å²) in [5.74, 6) is 0.888. The van der Waals surface area contributed by atoms with Crippen molar-refractivity contribution in [1.82, 2.24) is 25.1 Å². The van der Waals surface area contributed by atoms with E-state index in [4.69, 9.17) is 14.2 Å². The van der Waals surface area contributed by atoms with Gasteiger partial charge < -0.3 is 14.2 Å². The van der Waals surface area contributed by atoms with E-state index in [1.54, 1.807) is 30.4 Å². The number of nitrogens with zero attached hydrogens (tertiary/aromatic N) is 5. The van der Waals surface area contributed by atoms with Gasteiger partial charge in [0, 0.05) is 12.3 Å². The first kappa shape index (κ1) is 28.4. The molecule has 0 bridgehead atoms. The van der Waals surface area contributed by atoms with Gasteiger partial charge in [0.1, 0.15) is 5.60 Å². The lowest BCUT2D eigenvalue weighted by molar-refractivity contribution is -0.143. The quantitative estimate of drug-likeness (QED) is 0.230. The van der Waals surface area contributed by atoms with Crippen molar-refractivity contribution in [1.29, 1.82) is 0 Å². The Morgan fingerprint density at radius 1 is 1.05 bits per heavy atom. The van der Waals surface area contributed by atoms with E-state index >= 15 is 0 Å². The molecule has 0 saturated heterocycles. The minimum Gasteiger partial charge on any atom is -0.493 e. The summed E-state index contributed by atoms with van der Waals surface area (Å²) in [6.45, 7) is 11.4. The average Bonchev–Trinajstić information content (AvgIpc) is 3.34. The van der Waals surface area contributed by atoms with Gasteiger partial charge in [0.05, 0.1) is 24.3 Å². The van der Waals surface area contributed by atoms with Crippen LogP contribution >= 0.6 is 11.8 Å². The van der Waals surface area contributed by atoms with Gasteiger partial charge in [0.25, 0.3) is 0 Å². The second-order valence-corrected chi connectivity index (χ2v) is 12.3. The van der Waals surface area contributed by atoms with Gasteiger partial charge in [-0.15, -0.1) is 5.10 Å². The van der Waals surface area contributed by atoms with Crippen LogP contribution in [0.2, 0.25) is 0 Å². The Morgan fingerprint density at radius 3 is 2.41 bits per heavy atom. The molecule has 0 N–H and O–H groups in total. The standard InChI is InChI=1S/C28H35N5O5S/c1-27(2,3)24(34)37-23-15-18-13-14-32(26(35)38-28(4,5)6)21(20(18)16-22(23)36-7)17-39-25-29-30-31-33(25)19-11-9-8-10-12-19/h8-12,15-16,21H,13-14,17H2,1-7H3/t21-/m0/s1. The van der Waals surface area contributed by atoms with E-state index in [0.29, 0.717) is 35.4 Å². The maximum Gasteiger partial charge on any atom is 0.410 e. The lowest BCUT2D eigenvalue weighted by Gasteiger charge is -2.38. The highest BCUT2D eigenvalue weighted by Gasteiger charge is 2.36. The molecule has 2 aromatic carbocycles. The van der Waals surface area contributed by atoms with Crippen molar-refractivity contribution < 1.29 is 23.8 Å². The van der Waals surface area contributed by atoms with Crippen LogP contribution in [0.5, 0.6) is 11.5 Å². The van der Waals surface area contributed by atoms with Gasteiger partial charge in [-0.05, 0) is 93.8 Å². The first-order valence-electron chi connectivity index (χ1n) is 12.8. The highest BCUT2D eigenvalue weighted by molar-refractivity contribution is 7.99. The third-order valence-corrected chi connectivity index (χ3v) is 7.03. The fourth-order valence-corrected chi connectivity index (χ4v) is 5.10. The van der Waals surface area contributed by atoms with Crippen molar-refractivity contribution in [3.63, 3.8) is 0 Å². The Kier molecular flexibility index (Phi) is 8.20. The molecule has 0 fully saturated rings. The molecule has 0 radical (unpaired) electrons. The zero-order valence-corrected chi connectivity index (χ0v) is 24.2. The van der Waals surface area contributed by atoms with Crippen molar-refractivity contribution in [2.45, 2.75) is 64.8 Å². The van der Waals surface area contributed by atoms with Crippen LogP contribution in [0, 0.1) is 5.41 Å². The minimum atomic E-state index is -0.670. The molecule has 0 aliphatic carbocycles. The maximum atomic E-state index is 13.3. The Labute approximate surface area is 233 Å². The molecule has 1 amide bonds. The van der Waals surface area contributed by atoms with Crippen LogP contribution in [0.3, 0.4) is 0 Å². The van der Waals surface area contributed by atoms with Crippen molar-refractivity contribution in [3.05, 3.63) is 53.6 Å². The first-order valence-corrected chi connectivity index (χ1v) is 13.8. The number of methoxy groups -OCH3 is 1. The first-order chi connectivity index (χ1) is 18.4. The average molecular weight is 554 g/mol. The summed E-state index contributed by atoms with van der Waals surface area (Å²) in [7, 11) is 1.53. The molecular formula is C28H35N5O5S. The number of carbonyl (C=O) groups excluding carboxylic acids is 2. The molecule has 11 heteroatoms. The van der Waals surface area contributed by atoms with Gasteiger partial charge in [-0.3, -0.25) is 9.69 Å². The number of amides is 1. The number of esters is 1. The smallest absolute Gasteiger partial charge is 0.410 e. The topological polar surface area (TPSA) is 109 Å². The summed E-state index contributed by atoms with van der Waals surface area (Å²) in [6, 6.07) is 12.9. The van der Waals surface area contributed by atoms with Gasteiger partial charge in [-0.2, -0.15) is 4.68 Å².